The number of carbonyl (C=O) groups is 2. The van der Waals surface area contributed by atoms with Gasteiger partial charge in [0.25, 0.3) is 5.91 Å². The van der Waals surface area contributed by atoms with Crippen molar-refractivity contribution in [1.29, 1.82) is 0 Å². The lowest BCUT2D eigenvalue weighted by molar-refractivity contribution is -0.137. The molecule has 0 radical (unpaired) electrons. The van der Waals surface area contributed by atoms with Crippen LogP contribution in [0.15, 0.2) is 54.6 Å². The first kappa shape index (κ1) is 19.5. The van der Waals surface area contributed by atoms with Gasteiger partial charge in [-0.25, -0.2) is 0 Å². The average molecular weight is 357 g/mol. The molecule has 0 aromatic heterocycles. The first-order chi connectivity index (χ1) is 12.6. The number of hydrogen-bond acceptors (Lipinski definition) is 4. The molecule has 2 aromatic carbocycles. The Kier molecular flexibility index (Phi) is 7.64. The van der Waals surface area contributed by atoms with Crippen molar-refractivity contribution in [3.8, 4) is 5.75 Å². The quantitative estimate of drug-likeness (QED) is 0.662. The molecule has 0 bridgehead atoms. The summed E-state index contributed by atoms with van der Waals surface area (Å²) < 4.78 is 10.6. The van der Waals surface area contributed by atoms with Gasteiger partial charge in [0.2, 0.25) is 0 Å². The Hall–Kier alpha value is -2.86. The van der Waals surface area contributed by atoms with E-state index in [4.69, 9.17) is 14.6 Å². The molecule has 2 rings (SSSR count). The van der Waals surface area contributed by atoms with E-state index in [0.717, 1.165) is 12.0 Å². The van der Waals surface area contributed by atoms with Crippen molar-refractivity contribution in [2.24, 2.45) is 0 Å². The van der Waals surface area contributed by atoms with E-state index in [1.54, 1.807) is 31.4 Å². The summed E-state index contributed by atoms with van der Waals surface area (Å²) in [6, 6.07) is 16.1. The standard InChI is InChI=1S/C20H23NO5/c1-25-11-6-12-26-18-10-5-9-17(13-18)20(24)21(15-19(22)23)14-16-7-3-2-4-8-16/h2-5,7-10,13H,6,11-12,14-15H2,1H3,(H,22,23). The molecular weight excluding hydrogens is 334 g/mol. The van der Waals surface area contributed by atoms with E-state index in [9.17, 15) is 9.59 Å². The Labute approximate surface area is 153 Å². The molecule has 0 fully saturated rings. The van der Waals surface area contributed by atoms with Crippen LogP contribution in [0, 0.1) is 0 Å². The molecule has 138 valence electrons. The Balaban J connectivity index is 2.10. The predicted molar refractivity (Wildman–Crippen MR) is 97.2 cm³/mol. The first-order valence-electron chi connectivity index (χ1n) is 8.37. The molecule has 1 amide bonds. The highest BCUT2D eigenvalue weighted by Crippen LogP contribution is 2.17. The van der Waals surface area contributed by atoms with Gasteiger partial charge in [0.1, 0.15) is 12.3 Å². The topological polar surface area (TPSA) is 76.1 Å². The van der Waals surface area contributed by atoms with E-state index in [-0.39, 0.29) is 19.0 Å². The number of ether oxygens (including phenoxy) is 2. The lowest BCUT2D eigenvalue weighted by Gasteiger charge is -2.21. The summed E-state index contributed by atoms with van der Waals surface area (Å²) in [5.41, 5.74) is 1.26. The lowest BCUT2D eigenvalue weighted by Crippen LogP contribution is -2.35. The summed E-state index contributed by atoms with van der Waals surface area (Å²) in [7, 11) is 1.63. The molecule has 0 heterocycles. The minimum Gasteiger partial charge on any atom is -0.493 e. The van der Waals surface area contributed by atoms with Crippen molar-refractivity contribution >= 4 is 11.9 Å². The van der Waals surface area contributed by atoms with Crippen LogP contribution in [-0.2, 0) is 16.1 Å². The number of benzene rings is 2. The van der Waals surface area contributed by atoms with Gasteiger partial charge in [-0.05, 0) is 23.8 Å². The first-order valence-corrected chi connectivity index (χ1v) is 8.37. The largest absolute Gasteiger partial charge is 0.493 e. The SMILES string of the molecule is COCCCOc1cccc(C(=O)N(CC(=O)O)Cc2ccccc2)c1. The predicted octanol–water partition coefficient (Wildman–Crippen LogP) is 2.83. The summed E-state index contributed by atoms with van der Waals surface area (Å²) in [6.45, 7) is 0.938. The second-order valence-corrected chi connectivity index (χ2v) is 5.76. The molecule has 2 aromatic rings. The molecule has 1 N–H and O–H groups in total. The maximum absolute atomic E-state index is 12.8. The van der Waals surface area contributed by atoms with Crippen LogP contribution in [0.2, 0.25) is 0 Å². The van der Waals surface area contributed by atoms with Crippen molar-refractivity contribution in [3.05, 3.63) is 65.7 Å². The summed E-state index contributed by atoms with van der Waals surface area (Å²) in [5.74, 6) is -0.832. The molecule has 0 aliphatic heterocycles. The molecule has 26 heavy (non-hydrogen) atoms. The zero-order chi connectivity index (χ0) is 18.8. The zero-order valence-corrected chi connectivity index (χ0v) is 14.8. The van der Waals surface area contributed by atoms with Gasteiger partial charge in [-0.15, -0.1) is 0 Å². The zero-order valence-electron chi connectivity index (χ0n) is 14.8. The highest BCUT2D eigenvalue weighted by molar-refractivity contribution is 5.96. The Bertz CT molecular complexity index is 717. The van der Waals surface area contributed by atoms with Crippen molar-refractivity contribution in [2.75, 3.05) is 26.9 Å². The van der Waals surface area contributed by atoms with Gasteiger partial charge >= 0.3 is 5.97 Å². The monoisotopic (exact) mass is 357 g/mol. The Morgan fingerprint density at radius 1 is 1.04 bits per heavy atom. The van der Waals surface area contributed by atoms with Crippen molar-refractivity contribution in [1.82, 2.24) is 4.90 Å². The molecule has 0 unspecified atom stereocenters. The van der Waals surface area contributed by atoms with E-state index >= 15 is 0 Å². The molecular formula is C20H23NO5. The van der Waals surface area contributed by atoms with Gasteiger partial charge in [-0.2, -0.15) is 0 Å². The third-order valence-electron chi connectivity index (χ3n) is 3.67. The van der Waals surface area contributed by atoms with E-state index in [1.807, 2.05) is 30.3 Å². The number of carboxylic acids is 1. The molecule has 0 spiro atoms. The maximum Gasteiger partial charge on any atom is 0.323 e. The van der Waals surface area contributed by atoms with Crippen LogP contribution in [0.5, 0.6) is 5.75 Å². The Morgan fingerprint density at radius 2 is 1.81 bits per heavy atom. The highest BCUT2D eigenvalue weighted by atomic mass is 16.5. The number of carbonyl (C=O) groups excluding carboxylic acids is 1. The van der Waals surface area contributed by atoms with Gasteiger partial charge in [0.15, 0.2) is 0 Å². The summed E-state index contributed by atoms with van der Waals surface area (Å²) in [6.07, 6.45) is 0.744. The Morgan fingerprint density at radius 3 is 2.50 bits per heavy atom. The van der Waals surface area contributed by atoms with E-state index in [0.29, 0.717) is 24.5 Å². The second-order valence-electron chi connectivity index (χ2n) is 5.76. The molecule has 6 nitrogen and oxygen atoms in total. The van der Waals surface area contributed by atoms with Crippen LogP contribution in [0.1, 0.15) is 22.3 Å². The van der Waals surface area contributed by atoms with Gasteiger partial charge in [0.05, 0.1) is 6.61 Å². The highest BCUT2D eigenvalue weighted by Gasteiger charge is 2.19. The molecule has 0 aliphatic carbocycles. The minimum atomic E-state index is -1.05. The summed E-state index contributed by atoms with van der Waals surface area (Å²) in [4.78, 5) is 25.3. The van der Waals surface area contributed by atoms with Crippen LogP contribution in [-0.4, -0.2) is 48.8 Å². The summed E-state index contributed by atoms with van der Waals surface area (Å²) >= 11 is 0. The van der Waals surface area contributed by atoms with E-state index in [1.165, 1.54) is 4.90 Å². The van der Waals surface area contributed by atoms with Crippen LogP contribution in [0.25, 0.3) is 0 Å². The molecule has 0 saturated heterocycles. The lowest BCUT2D eigenvalue weighted by atomic mass is 10.1. The fraction of sp³-hybridized carbons (Fsp3) is 0.300. The third-order valence-corrected chi connectivity index (χ3v) is 3.67. The molecule has 6 heteroatoms. The number of aliphatic carboxylic acids is 1. The second kappa shape index (κ2) is 10.2. The van der Waals surface area contributed by atoms with Crippen LogP contribution >= 0.6 is 0 Å². The van der Waals surface area contributed by atoms with Crippen molar-refractivity contribution < 1.29 is 24.2 Å². The fourth-order valence-corrected chi connectivity index (χ4v) is 2.46. The smallest absolute Gasteiger partial charge is 0.323 e. The van der Waals surface area contributed by atoms with Gasteiger partial charge in [-0.1, -0.05) is 36.4 Å². The number of methoxy groups -OCH3 is 1. The number of rotatable bonds is 10. The molecule has 0 saturated carbocycles. The normalized spacial score (nSPS) is 10.3. The average Bonchev–Trinajstić information content (AvgIpc) is 2.65. The van der Waals surface area contributed by atoms with Crippen LogP contribution in [0.3, 0.4) is 0 Å². The summed E-state index contributed by atoms with van der Waals surface area (Å²) in [5, 5.41) is 9.15. The fourth-order valence-electron chi connectivity index (χ4n) is 2.46. The van der Waals surface area contributed by atoms with E-state index < -0.39 is 5.97 Å². The van der Waals surface area contributed by atoms with Gasteiger partial charge < -0.3 is 19.5 Å². The van der Waals surface area contributed by atoms with Crippen molar-refractivity contribution in [2.45, 2.75) is 13.0 Å². The number of amides is 1. The minimum absolute atomic E-state index is 0.227. The van der Waals surface area contributed by atoms with Crippen LogP contribution in [0.4, 0.5) is 0 Å². The van der Waals surface area contributed by atoms with Gasteiger partial charge in [0, 0.05) is 32.2 Å². The van der Waals surface area contributed by atoms with Crippen molar-refractivity contribution in [3.63, 3.8) is 0 Å². The number of nitrogens with zero attached hydrogens (tertiary/aromatic N) is 1. The molecule has 0 atom stereocenters. The van der Waals surface area contributed by atoms with Crippen LogP contribution < -0.4 is 4.74 Å². The third kappa shape index (κ3) is 6.22. The van der Waals surface area contributed by atoms with Gasteiger partial charge in [-0.3, -0.25) is 9.59 Å². The number of carboxylic acid groups (broad SMARTS) is 1. The maximum atomic E-state index is 12.8. The molecule has 0 aliphatic rings. The van der Waals surface area contributed by atoms with E-state index in [2.05, 4.69) is 0 Å². The number of hydrogen-bond donors (Lipinski definition) is 1.